The van der Waals surface area contributed by atoms with Crippen molar-refractivity contribution in [3.8, 4) is 0 Å². The fraction of sp³-hybridized carbons (Fsp3) is 0.417. The van der Waals surface area contributed by atoms with Gasteiger partial charge in [-0.05, 0) is 32.0 Å². The maximum absolute atomic E-state index is 5.59. The van der Waals surface area contributed by atoms with Crippen molar-refractivity contribution in [3.05, 3.63) is 30.6 Å². The van der Waals surface area contributed by atoms with Gasteiger partial charge in [0.15, 0.2) is 0 Å². The first kappa shape index (κ1) is 11.0. The van der Waals surface area contributed by atoms with Crippen LogP contribution in [-0.4, -0.2) is 29.0 Å². The van der Waals surface area contributed by atoms with E-state index in [4.69, 9.17) is 5.73 Å². The van der Waals surface area contributed by atoms with Crippen LogP contribution in [0.3, 0.4) is 0 Å². The Balaban J connectivity index is 2.35. The van der Waals surface area contributed by atoms with Crippen molar-refractivity contribution in [2.24, 2.45) is 5.73 Å². The van der Waals surface area contributed by atoms with Gasteiger partial charge >= 0.3 is 0 Å². The quantitative estimate of drug-likeness (QED) is 0.846. The van der Waals surface area contributed by atoms with Crippen LogP contribution < -0.4 is 10.6 Å². The predicted octanol–water partition coefficient (Wildman–Crippen LogP) is 1.51. The molecule has 16 heavy (non-hydrogen) atoms. The average molecular weight is 218 g/mol. The summed E-state index contributed by atoms with van der Waals surface area (Å²) in [6, 6.07) is 6.56. The number of pyridine rings is 1. The smallest absolute Gasteiger partial charge is 0.138 e. The second kappa shape index (κ2) is 4.53. The summed E-state index contributed by atoms with van der Waals surface area (Å²) in [6.07, 6.45) is 4.79. The number of hydrogen-bond acceptors (Lipinski definition) is 3. The molecule has 4 heteroatoms. The van der Waals surface area contributed by atoms with Crippen molar-refractivity contribution in [2.45, 2.75) is 19.4 Å². The van der Waals surface area contributed by atoms with Gasteiger partial charge in [0.25, 0.3) is 0 Å². The van der Waals surface area contributed by atoms with E-state index in [1.807, 2.05) is 24.5 Å². The molecular formula is C12H18N4. The van der Waals surface area contributed by atoms with Crippen molar-refractivity contribution in [2.75, 3.05) is 18.5 Å². The number of rotatable bonds is 4. The topological polar surface area (TPSA) is 46.6 Å². The molecule has 2 heterocycles. The van der Waals surface area contributed by atoms with Gasteiger partial charge in [-0.2, -0.15) is 0 Å². The zero-order valence-electron chi connectivity index (χ0n) is 9.80. The Morgan fingerprint density at radius 3 is 3.06 bits per heavy atom. The normalized spacial score (nSPS) is 12.9. The zero-order valence-corrected chi connectivity index (χ0v) is 9.80. The molecule has 2 rings (SSSR count). The van der Waals surface area contributed by atoms with Gasteiger partial charge in [-0.3, -0.25) is 4.40 Å². The van der Waals surface area contributed by atoms with Crippen LogP contribution in [0.25, 0.3) is 5.65 Å². The van der Waals surface area contributed by atoms with Crippen LogP contribution >= 0.6 is 0 Å². The van der Waals surface area contributed by atoms with E-state index in [1.165, 1.54) is 0 Å². The molecule has 0 amide bonds. The van der Waals surface area contributed by atoms with Gasteiger partial charge in [0.2, 0.25) is 0 Å². The Morgan fingerprint density at radius 2 is 2.31 bits per heavy atom. The summed E-state index contributed by atoms with van der Waals surface area (Å²) in [5.41, 5.74) is 6.57. The molecule has 86 valence electrons. The minimum atomic E-state index is 0.429. The molecule has 0 saturated carbocycles. The number of nitrogens with zero attached hydrogens (tertiary/aromatic N) is 3. The molecule has 2 aromatic rings. The highest BCUT2D eigenvalue weighted by Gasteiger charge is 2.11. The molecule has 0 spiro atoms. The standard InChI is InChI=1S/C12H18N4/c1-10(6-7-13)15(2)12-5-3-4-11-14-8-9-16(11)12/h3-5,8-10H,6-7,13H2,1-2H3. The van der Waals surface area contributed by atoms with Gasteiger partial charge < -0.3 is 10.6 Å². The Kier molecular flexibility index (Phi) is 3.10. The second-order valence-corrected chi connectivity index (χ2v) is 4.08. The van der Waals surface area contributed by atoms with Crippen molar-refractivity contribution in [1.82, 2.24) is 9.38 Å². The molecule has 0 bridgehead atoms. The summed E-state index contributed by atoms with van der Waals surface area (Å²) in [6.45, 7) is 2.90. The van der Waals surface area contributed by atoms with Gasteiger partial charge in [0, 0.05) is 25.5 Å². The number of aromatic nitrogens is 2. The number of hydrogen-bond donors (Lipinski definition) is 1. The molecule has 2 aromatic heterocycles. The minimum absolute atomic E-state index is 0.429. The van der Waals surface area contributed by atoms with E-state index >= 15 is 0 Å². The van der Waals surface area contributed by atoms with Crippen molar-refractivity contribution in [3.63, 3.8) is 0 Å². The lowest BCUT2D eigenvalue weighted by atomic mass is 10.2. The van der Waals surface area contributed by atoms with E-state index in [0.717, 1.165) is 17.9 Å². The highest BCUT2D eigenvalue weighted by Crippen LogP contribution is 2.17. The van der Waals surface area contributed by atoms with Gasteiger partial charge in [-0.15, -0.1) is 0 Å². The van der Waals surface area contributed by atoms with Crippen molar-refractivity contribution in [1.29, 1.82) is 0 Å². The van der Waals surface area contributed by atoms with E-state index in [9.17, 15) is 0 Å². The van der Waals surface area contributed by atoms with Crippen LogP contribution in [0.2, 0.25) is 0 Å². The average Bonchev–Trinajstić information content (AvgIpc) is 2.76. The molecular weight excluding hydrogens is 200 g/mol. The Morgan fingerprint density at radius 1 is 1.50 bits per heavy atom. The molecule has 0 aliphatic rings. The molecule has 0 aliphatic heterocycles. The van der Waals surface area contributed by atoms with Crippen LogP contribution in [-0.2, 0) is 0 Å². The first-order valence-corrected chi connectivity index (χ1v) is 5.59. The van der Waals surface area contributed by atoms with Crippen LogP contribution in [0.15, 0.2) is 30.6 Å². The third-order valence-corrected chi connectivity index (χ3v) is 3.01. The fourth-order valence-electron chi connectivity index (χ4n) is 1.88. The highest BCUT2D eigenvalue weighted by molar-refractivity contribution is 5.51. The third kappa shape index (κ3) is 1.88. The first-order chi connectivity index (χ1) is 7.74. The van der Waals surface area contributed by atoms with Gasteiger partial charge in [-0.1, -0.05) is 6.07 Å². The van der Waals surface area contributed by atoms with E-state index in [0.29, 0.717) is 12.6 Å². The summed E-state index contributed by atoms with van der Waals surface area (Å²) < 4.78 is 2.09. The Hall–Kier alpha value is -1.55. The van der Waals surface area contributed by atoms with E-state index in [-0.39, 0.29) is 0 Å². The molecule has 0 radical (unpaired) electrons. The molecule has 0 aromatic carbocycles. The van der Waals surface area contributed by atoms with Crippen LogP contribution in [0.4, 0.5) is 5.82 Å². The molecule has 4 nitrogen and oxygen atoms in total. The summed E-state index contributed by atoms with van der Waals surface area (Å²) >= 11 is 0. The van der Waals surface area contributed by atoms with E-state index in [2.05, 4.69) is 34.3 Å². The second-order valence-electron chi connectivity index (χ2n) is 4.08. The lowest BCUT2D eigenvalue weighted by Gasteiger charge is -2.27. The SMILES string of the molecule is CC(CCN)N(C)c1cccc2nccn12. The number of imidazole rings is 1. The van der Waals surface area contributed by atoms with Crippen LogP contribution in [0.5, 0.6) is 0 Å². The van der Waals surface area contributed by atoms with E-state index in [1.54, 1.807) is 0 Å². The number of anilines is 1. The minimum Gasteiger partial charge on any atom is -0.358 e. The van der Waals surface area contributed by atoms with Crippen molar-refractivity contribution < 1.29 is 0 Å². The van der Waals surface area contributed by atoms with Gasteiger partial charge in [0.05, 0.1) is 0 Å². The van der Waals surface area contributed by atoms with Crippen LogP contribution in [0.1, 0.15) is 13.3 Å². The maximum atomic E-state index is 5.59. The summed E-state index contributed by atoms with van der Waals surface area (Å²) in [7, 11) is 2.09. The van der Waals surface area contributed by atoms with Crippen LogP contribution in [0, 0.1) is 0 Å². The number of nitrogens with two attached hydrogens (primary N) is 1. The number of fused-ring (bicyclic) bond motifs is 1. The highest BCUT2D eigenvalue weighted by atomic mass is 15.2. The van der Waals surface area contributed by atoms with Gasteiger partial charge in [-0.25, -0.2) is 4.98 Å². The third-order valence-electron chi connectivity index (χ3n) is 3.01. The van der Waals surface area contributed by atoms with Gasteiger partial charge in [0.1, 0.15) is 11.5 Å². The molecule has 2 N–H and O–H groups in total. The maximum Gasteiger partial charge on any atom is 0.138 e. The fourth-order valence-corrected chi connectivity index (χ4v) is 1.88. The molecule has 1 unspecified atom stereocenters. The first-order valence-electron chi connectivity index (χ1n) is 5.59. The predicted molar refractivity (Wildman–Crippen MR) is 66.7 cm³/mol. The summed E-state index contributed by atoms with van der Waals surface area (Å²) in [5.74, 6) is 1.15. The lowest BCUT2D eigenvalue weighted by molar-refractivity contribution is 0.627. The largest absolute Gasteiger partial charge is 0.358 e. The summed E-state index contributed by atoms with van der Waals surface area (Å²) in [4.78, 5) is 6.52. The Bertz CT molecular complexity index is 463. The molecule has 1 atom stereocenters. The van der Waals surface area contributed by atoms with Crippen molar-refractivity contribution >= 4 is 11.5 Å². The summed E-state index contributed by atoms with van der Waals surface area (Å²) in [5, 5.41) is 0. The monoisotopic (exact) mass is 218 g/mol. The lowest BCUT2D eigenvalue weighted by Crippen LogP contribution is -2.32. The molecule has 0 fully saturated rings. The zero-order chi connectivity index (χ0) is 11.5. The Labute approximate surface area is 95.7 Å². The molecule has 0 aliphatic carbocycles. The van der Waals surface area contributed by atoms with E-state index < -0.39 is 0 Å². The molecule has 0 saturated heterocycles.